The van der Waals surface area contributed by atoms with E-state index in [2.05, 4.69) is 57.0 Å². The van der Waals surface area contributed by atoms with E-state index in [-0.39, 0.29) is 0 Å². The number of hydrogen-bond acceptors (Lipinski definition) is 1. The quantitative estimate of drug-likeness (QED) is 0.677. The first kappa shape index (κ1) is 13.7. The SMILES string of the molecule is CC/C=C\C(C)=C(\c1ccc(C)nc1)C(C)C. The van der Waals surface area contributed by atoms with Crippen molar-refractivity contribution in [2.45, 2.75) is 41.0 Å². The molecule has 0 aliphatic carbocycles. The van der Waals surface area contributed by atoms with Gasteiger partial charge in [-0.3, -0.25) is 4.98 Å². The van der Waals surface area contributed by atoms with Gasteiger partial charge in [0.25, 0.3) is 0 Å². The van der Waals surface area contributed by atoms with Crippen molar-refractivity contribution in [2.24, 2.45) is 5.92 Å². The Kier molecular flexibility index (Phi) is 5.14. The summed E-state index contributed by atoms with van der Waals surface area (Å²) >= 11 is 0. The topological polar surface area (TPSA) is 12.9 Å². The molecule has 0 aromatic carbocycles. The van der Waals surface area contributed by atoms with E-state index in [1.165, 1.54) is 16.7 Å². The third kappa shape index (κ3) is 3.85. The van der Waals surface area contributed by atoms with Crippen LogP contribution in [0.5, 0.6) is 0 Å². The molecular weight excluding hydrogens is 206 g/mol. The van der Waals surface area contributed by atoms with E-state index in [1.54, 1.807) is 0 Å². The van der Waals surface area contributed by atoms with E-state index in [0.717, 1.165) is 12.1 Å². The highest BCUT2D eigenvalue weighted by atomic mass is 14.7. The van der Waals surface area contributed by atoms with E-state index < -0.39 is 0 Å². The van der Waals surface area contributed by atoms with Gasteiger partial charge in [0.1, 0.15) is 0 Å². The Balaban J connectivity index is 3.17. The van der Waals surface area contributed by atoms with Crippen LogP contribution in [0.2, 0.25) is 0 Å². The van der Waals surface area contributed by atoms with Crippen LogP contribution in [0.1, 0.15) is 45.4 Å². The summed E-state index contributed by atoms with van der Waals surface area (Å²) < 4.78 is 0. The Morgan fingerprint density at radius 1 is 1.35 bits per heavy atom. The maximum absolute atomic E-state index is 4.39. The van der Waals surface area contributed by atoms with E-state index in [4.69, 9.17) is 0 Å². The molecular formula is C16H23N. The second-order valence-corrected chi connectivity index (χ2v) is 4.75. The highest BCUT2D eigenvalue weighted by Crippen LogP contribution is 2.27. The average Bonchev–Trinajstić information content (AvgIpc) is 2.29. The fraction of sp³-hybridized carbons (Fsp3) is 0.438. The summed E-state index contributed by atoms with van der Waals surface area (Å²) in [5, 5.41) is 0. The zero-order valence-corrected chi connectivity index (χ0v) is 11.6. The van der Waals surface area contributed by atoms with Crippen LogP contribution in [0.4, 0.5) is 0 Å². The molecule has 0 spiro atoms. The fourth-order valence-corrected chi connectivity index (χ4v) is 2.03. The van der Waals surface area contributed by atoms with E-state index in [9.17, 15) is 0 Å². The number of aromatic nitrogens is 1. The minimum Gasteiger partial charge on any atom is -0.261 e. The van der Waals surface area contributed by atoms with Gasteiger partial charge in [-0.15, -0.1) is 0 Å². The van der Waals surface area contributed by atoms with Gasteiger partial charge in [-0.2, -0.15) is 0 Å². The molecule has 0 saturated heterocycles. The number of pyridine rings is 1. The summed E-state index contributed by atoms with van der Waals surface area (Å²) in [6, 6.07) is 4.25. The van der Waals surface area contributed by atoms with Crippen molar-refractivity contribution in [3.63, 3.8) is 0 Å². The number of nitrogens with zero attached hydrogens (tertiary/aromatic N) is 1. The molecule has 17 heavy (non-hydrogen) atoms. The Morgan fingerprint density at radius 3 is 2.53 bits per heavy atom. The van der Waals surface area contributed by atoms with Gasteiger partial charge in [-0.25, -0.2) is 0 Å². The Labute approximate surface area is 105 Å². The molecule has 0 bridgehead atoms. The van der Waals surface area contributed by atoms with Crippen molar-refractivity contribution in [2.75, 3.05) is 0 Å². The molecule has 0 aliphatic rings. The zero-order valence-electron chi connectivity index (χ0n) is 11.6. The number of allylic oxidation sites excluding steroid dienone is 4. The largest absolute Gasteiger partial charge is 0.261 e. The van der Waals surface area contributed by atoms with Crippen molar-refractivity contribution < 1.29 is 0 Å². The minimum absolute atomic E-state index is 0.515. The second-order valence-electron chi connectivity index (χ2n) is 4.75. The van der Waals surface area contributed by atoms with Crippen LogP contribution in [-0.2, 0) is 0 Å². The van der Waals surface area contributed by atoms with Gasteiger partial charge in [0.15, 0.2) is 0 Å². The molecule has 0 aliphatic heterocycles. The highest BCUT2D eigenvalue weighted by Gasteiger charge is 2.09. The molecule has 1 heterocycles. The molecule has 1 aromatic heterocycles. The lowest BCUT2D eigenvalue weighted by Gasteiger charge is -2.14. The van der Waals surface area contributed by atoms with Gasteiger partial charge in [0.05, 0.1) is 0 Å². The molecule has 1 aromatic rings. The van der Waals surface area contributed by atoms with Crippen LogP contribution in [0.25, 0.3) is 5.57 Å². The first-order valence-electron chi connectivity index (χ1n) is 6.36. The van der Waals surface area contributed by atoms with Gasteiger partial charge in [-0.05, 0) is 49.0 Å². The second kappa shape index (κ2) is 6.39. The Bertz CT molecular complexity index is 408. The van der Waals surface area contributed by atoms with Crippen molar-refractivity contribution >= 4 is 5.57 Å². The first-order chi connectivity index (χ1) is 8.06. The molecule has 0 amide bonds. The van der Waals surface area contributed by atoms with Gasteiger partial charge in [0.2, 0.25) is 0 Å². The molecule has 0 radical (unpaired) electrons. The first-order valence-corrected chi connectivity index (χ1v) is 6.36. The number of rotatable bonds is 4. The number of hydrogen-bond donors (Lipinski definition) is 0. The Hall–Kier alpha value is -1.37. The molecule has 1 rings (SSSR count). The lowest BCUT2D eigenvalue weighted by atomic mass is 9.91. The molecule has 1 nitrogen and oxygen atoms in total. The van der Waals surface area contributed by atoms with Crippen LogP contribution < -0.4 is 0 Å². The molecule has 92 valence electrons. The van der Waals surface area contributed by atoms with Crippen molar-refractivity contribution in [3.8, 4) is 0 Å². The maximum atomic E-state index is 4.39. The molecule has 0 saturated carbocycles. The predicted octanol–water partition coefficient (Wildman–Crippen LogP) is 4.79. The van der Waals surface area contributed by atoms with Gasteiger partial charge >= 0.3 is 0 Å². The van der Waals surface area contributed by atoms with Gasteiger partial charge in [-0.1, -0.05) is 39.0 Å². The monoisotopic (exact) mass is 229 g/mol. The van der Waals surface area contributed by atoms with Crippen molar-refractivity contribution in [3.05, 3.63) is 47.3 Å². The molecule has 1 heteroatoms. The summed E-state index contributed by atoms with van der Waals surface area (Å²) in [5.41, 5.74) is 5.04. The van der Waals surface area contributed by atoms with Crippen LogP contribution in [0.15, 0.2) is 36.1 Å². The predicted molar refractivity (Wildman–Crippen MR) is 75.8 cm³/mol. The third-order valence-electron chi connectivity index (χ3n) is 2.83. The van der Waals surface area contributed by atoms with Gasteiger partial charge in [0, 0.05) is 11.9 Å². The van der Waals surface area contributed by atoms with E-state index >= 15 is 0 Å². The van der Waals surface area contributed by atoms with Crippen molar-refractivity contribution in [1.82, 2.24) is 4.98 Å². The lowest BCUT2D eigenvalue weighted by Crippen LogP contribution is -1.98. The smallest absolute Gasteiger partial charge is 0.0373 e. The standard InChI is InChI=1S/C16H23N/c1-6-7-8-13(4)16(12(2)3)15-10-9-14(5)17-11-15/h7-12H,6H2,1-5H3/b8-7-,16-13+. The zero-order chi connectivity index (χ0) is 12.8. The highest BCUT2D eigenvalue weighted by molar-refractivity contribution is 5.71. The number of aryl methyl sites for hydroxylation is 1. The van der Waals surface area contributed by atoms with Crippen LogP contribution in [0.3, 0.4) is 0 Å². The summed E-state index contributed by atoms with van der Waals surface area (Å²) in [5.74, 6) is 0.515. The average molecular weight is 229 g/mol. The fourth-order valence-electron chi connectivity index (χ4n) is 2.03. The molecule has 0 unspecified atom stereocenters. The van der Waals surface area contributed by atoms with E-state index in [0.29, 0.717) is 5.92 Å². The van der Waals surface area contributed by atoms with Crippen LogP contribution >= 0.6 is 0 Å². The van der Waals surface area contributed by atoms with Crippen LogP contribution in [-0.4, -0.2) is 4.98 Å². The summed E-state index contributed by atoms with van der Waals surface area (Å²) in [7, 11) is 0. The molecule has 0 N–H and O–H groups in total. The molecule has 0 fully saturated rings. The molecule has 0 atom stereocenters. The minimum atomic E-state index is 0.515. The summed E-state index contributed by atoms with van der Waals surface area (Å²) in [6.45, 7) is 10.8. The normalized spacial score (nSPS) is 13.3. The lowest BCUT2D eigenvalue weighted by molar-refractivity contribution is 0.848. The van der Waals surface area contributed by atoms with Crippen LogP contribution in [0, 0.1) is 12.8 Å². The summed E-state index contributed by atoms with van der Waals surface area (Å²) in [6.07, 6.45) is 7.48. The van der Waals surface area contributed by atoms with E-state index in [1.807, 2.05) is 13.1 Å². The van der Waals surface area contributed by atoms with Crippen molar-refractivity contribution in [1.29, 1.82) is 0 Å². The van der Waals surface area contributed by atoms with Gasteiger partial charge < -0.3 is 0 Å². The summed E-state index contributed by atoms with van der Waals surface area (Å²) in [4.78, 5) is 4.39. The Morgan fingerprint density at radius 2 is 2.06 bits per heavy atom. The third-order valence-corrected chi connectivity index (χ3v) is 2.83. The maximum Gasteiger partial charge on any atom is 0.0373 e.